The molecular weight excluding hydrogens is 240 g/mol. The van der Waals surface area contributed by atoms with Gasteiger partial charge in [0.05, 0.1) is 5.69 Å². The van der Waals surface area contributed by atoms with Gasteiger partial charge in [0.2, 0.25) is 5.91 Å². The Morgan fingerprint density at radius 3 is 2.63 bits per heavy atom. The first-order valence-corrected chi connectivity index (χ1v) is 6.65. The molecule has 0 bridgehead atoms. The number of hydrogen-bond acceptors (Lipinski definition) is 2. The van der Waals surface area contributed by atoms with Gasteiger partial charge in [-0.2, -0.15) is 0 Å². The molecule has 102 valence electrons. The molecule has 0 saturated carbocycles. The van der Waals surface area contributed by atoms with Gasteiger partial charge in [0.15, 0.2) is 0 Å². The summed E-state index contributed by atoms with van der Waals surface area (Å²) in [6, 6.07) is 3.54. The van der Waals surface area contributed by atoms with Crippen molar-refractivity contribution in [3.05, 3.63) is 28.8 Å². The van der Waals surface area contributed by atoms with Gasteiger partial charge >= 0.3 is 0 Å². The molecule has 4 heteroatoms. The summed E-state index contributed by atoms with van der Waals surface area (Å²) in [6.07, 6.45) is 0.894. The fourth-order valence-corrected chi connectivity index (χ4v) is 2.77. The monoisotopic (exact) mass is 260 g/mol. The number of fused-ring (bicyclic) bond motifs is 1. The van der Waals surface area contributed by atoms with Crippen LogP contribution in [0.4, 0.5) is 5.69 Å². The van der Waals surface area contributed by atoms with E-state index in [-0.39, 0.29) is 11.8 Å². The van der Waals surface area contributed by atoms with Crippen LogP contribution in [0.3, 0.4) is 0 Å². The molecule has 1 aliphatic rings. The summed E-state index contributed by atoms with van der Waals surface area (Å²) in [5.74, 6) is -0.206. The Kier molecular flexibility index (Phi) is 3.60. The van der Waals surface area contributed by atoms with Gasteiger partial charge < -0.3 is 10.2 Å². The van der Waals surface area contributed by atoms with Gasteiger partial charge in [-0.3, -0.25) is 9.59 Å². The molecule has 0 aliphatic carbocycles. The molecule has 0 aromatic heterocycles. The molecule has 2 rings (SSSR count). The number of hydrogen-bond donors (Lipinski definition) is 1. The Morgan fingerprint density at radius 1 is 1.37 bits per heavy atom. The first kappa shape index (κ1) is 13.6. The summed E-state index contributed by atoms with van der Waals surface area (Å²) in [6.45, 7) is 8.19. The van der Waals surface area contributed by atoms with E-state index in [1.165, 1.54) is 6.92 Å². The molecule has 1 N–H and O–H groups in total. The molecule has 1 atom stereocenters. The highest BCUT2D eigenvalue weighted by Crippen LogP contribution is 2.39. The summed E-state index contributed by atoms with van der Waals surface area (Å²) >= 11 is 0. The van der Waals surface area contributed by atoms with E-state index in [0.717, 1.165) is 28.8 Å². The summed E-state index contributed by atoms with van der Waals surface area (Å²) in [7, 11) is 0. The standard InChI is InChI=1S/C15H20N2O2/c1-5-6-17-14-10(3)7-9(2)8-12(14)13(15(17)19)16-11(4)18/h7-8,13H,5-6H2,1-4H3,(H,16,18). The Morgan fingerprint density at radius 2 is 2.05 bits per heavy atom. The zero-order valence-corrected chi connectivity index (χ0v) is 11.9. The molecule has 1 aromatic rings. The van der Waals surface area contributed by atoms with E-state index in [0.29, 0.717) is 6.54 Å². The van der Waals surface area contributed by atoms with Gasteiger partial charge in [-0.15, -0.1) is 0 Å². The SMILES string of the molecule is CCCN1C(=O)C(NC(C)=O)c2cc(C)cc(C)c21. The molecule has 1 heterocycles. The van der Waals surface area contributed by atoms with Crippen LogP contribution in [0.15, 0.2) is 12.1 Å². The lowest BCUT2D eigenvalue weighted by molar-refractivity contribution is -0.126. The number of benzene rings is 1. The van der Waals surface area contributed by atoms with Gasteiger partial charge in [-0.05, 0) is 25.8 Å². The van der Waals surface area contributed by atoms with Gasteiger partial charge in [0, 0.05) is 19.0 Å². The van der Waals surface area contributed by atoms with Gasteiger partial charge in [0.1, 0.15) is 6.04 Å². The highest BCUT2D eigenvalue weighted by molar-refractivity contribution is 6.06. The predicted molar refractivity (Wildman–Crippen MR) is 75.1 cm³/mol. The molecule has 19 heavy (non-hydrogen) atoms. The first-order valence-electron chi connectivity index (χ1n) is 6.65. The van der Waals surface area contributed by atoms with Crippen molar-refractivity contribution in [1.29, 1.82) is 0 Å². The summed E-state index contributed by atoms with van der Waals surface area (Å²) in [4.78, 5) is 25.6. The Balaban J connectivity index is 2.53. The Labute approximate surface area is 113 Å². The van der Waals surface area contributed by atoms with Crippen molar-refractivity contribution in [2.24, 2.45) is 0 Å². The molecule has 1 unspecified atom stereocenters. The fraction of sp³-hybridized carbons (Fsp3) is 0.467. The van der Waals surface area contributed by atoms with Crippen LogP contribution >= 0.6 is 0 Å². The van der Waals surface area contributed by atoms with E-state index in [1.807, 2.05) is 26.8 Å². The number of anilines is 1. The minimum absolute atomic E-state index is 0.0271. The highest BCUT2D eigenvalue weighted by atomic mass is 16.2. The number of carbonyl (C=O) groups is 2. The van der Waals surface area contributed by atoms with Crippen LogP contribution in [-0.4, -0.2) is 18.4 Å². The second-order valence-corrected chi connectivity index (χ2v) is 5.14. The van der Waals surface area contributed by atoms with Crippen molar-refractivity contribution in [3.63, 3.8) is 0 Å². The molecule has 0 spiro atoms. The lowest BCUT2D eigenvalue weighted by Crippen LogP contribution is -2.37. The highest BCUT2D eigenvalue weighted by Gasteiger charge is 2.38. The normalized spacial score (nSPS) is 17.6. The predicted octanol–water partition coefficient (Wildman–Crippen LogP) is 2.24. The van der Waals surface area contributed by atoms with Crippen molar-refractivity contribution in [1.82, 2.24) is 5.32 Å². The maximum absolute atomic E-state index is 12.5. The van der Waals surface area contributed by atoms with Crippen molar-refractivity contribution in [2.75, 3.05) is 11.4 Å². The van der Waals surface area contributed by atoms with E-state index >= 15 is 0 Å². The third-order valence-corrected chi connectivity index (χ3v) is 3.36. The molecule has 1 aromatic carbocycles. The lowest BCUT2D eigenvalue weighted by atomic mass is 10.0. The van der Waals surface area contributed by atoms with Crippen molar-refractivity contribution in [2.45, 2.75) is 40.2 Å². The summed E-state index contributed by atoms with van der Waals surface area (Å²) in [5, 5.41) is 2.76. The van der Waals surface area contributed by atoms with Crippen molar-refractivity contribution < 1.29 is 9.59 Å². The van der Waals surface area contributed by atoms with E-state index in [9.17, 15) is 9.59 Å². The topological polar surface area (TPSA) is 49.4 Å². The van der Waals surface area contributed by atoms with E-state index in [4.69, 9.17) is 0 Å². The molecular formula is C15H20N2O2. The van der Waals surface area contributed by atoms with Gasteiger partial charge in [-0.1, -0.05) is 24.6 Å². The molecule has 1 aliphatic heterocycles. The third-order valence-electron chi connectivity index (χ3n) is 3.36. The Hall–Kier alpha value is -1.84. The van der Waals surface area contributed by atoms with E-state index in [2.05, 4.69) is 11.4 Å². The minimum Gasteiger partial charge on any atom is -0.341 e. The molecule has 0 saturated heterocycles. The Bertz CT molecular complexity index is 537. The lowest BCUT2D eigenvalue weighted by Gasteiger charge is -2.18. The van der Waals surface area contributed by atoms with Crippen LogP contribution in [0.25, 0.3) is 0 Å². The second kappa shape index (κ2) is 5.03. The van der Waals surface area contributed by atoms with E-state index in [1.54, 1.807) is 4.90 Å². The number of carbonyl (C=O) groups excluding carboxylic acids is 2. The van der Waals surface area contributed by atoms with Gasteiger partial charge in [0.25, 0.3) is 5.91 Å². The summed E-state index contributed by atoms with van der Waals surface area (Å²) in [5.41, 5.74) is 4.09. The van der Waals surface area contributed by atoms with Crippen LogP contribution in [0.5, 0.6) is 0 Å². The zero-order chi connectivity index (χ0) is 14.2. The maximum atomic E-state index is 12.5. The number of nitrogens with zero attached hydrogens (tertiary/aromatic N) is 1. The van der Waals surface area contributed by atoms with Crippen molar-refractivity contribution in [3.8, 4) is 0 Å². The zero-order valence-electron chi connectivity index (χ0n) is 11.9. The third kappa shape index (κ3) is 2.35. The van der Waals surface area contributed by atoms with Crippen LogP contribution < -0.4 is 10.2 Å². The average Bonchev–Trinajstić information content (AvgIpc) is 2.55. The van der Waals surface area contributed by atoms with E-state index < -0.39 is 6.04 Å². The van der Waals surface area contributed by atoms with Crippen LogP contribution in [-0.2, 0) is 9.59 Å². The number of nitrogens with one attached hydrogen (secondary N) is 1. The number of aryl methyl sites for hydroxylation is 2. The minimum atomic E-state index is -0.530. The second-order valence-electron chi connectivity index (χ2n) is 5.14. The molecule has 0 fully saturated rings. The van der Waals surface area contributed by atoms with Crippen LogP contribution in [0.1, 0.15) is 43.0 Å². The average molecular weight is 260 g/mol. The van der Waals surface area contributed by atoms with Gasteiger partial charge in [-0.25, -0.2) is 0 Å². The smallest absolute Gasteiger partial charge is 0.254 e. The van der Waals surface area contributed by atoms with Crippen molar-refractivity contribution >= 4 is 17.5 Å². The molecule has 0 radical (unpaired) electrons. The number of amides is 2. The number of rotatable bonds is 3. The largest absolute Gasteiger partial charge is 0.341 e. The molecule has 4 nitrogen and oxygen atoms in total. The van der Waals surface area contributed by atoms with Crippen LogP contribution in [0, 0.1) is 13.8 Å². The fourth-order valence-electron chi connectivity index (χ4n) is 2.77. The van der Waals surface area contributed by atoms with Crippen LogP contribution in [0.2, 0.25) is 0 Å². The maximum Gasteiger partial charge on any atom is 0.254 e. The quantitative estimate of drug-likeness (QED) is 0.906. The summed E-state index contributed by atoms with van der Waals surface area (Å²) < 4.78 is 0. The first-order chi connectivity index (χ1) is 8.95. The molecule has 2 amide bonds.